The standard InChI is InChI=1S/C24H21ClFNO3/c1-13-21(24(29)30-2)22(17-5-3-4-6-18(17)26)23-19(27-13)11-15(12-20(23)28)14-7-9-16(25)10-8-14/h3-10,15,22,27H,11-12H2,1-2H3/t15-,22-/m1/s1. The number of rotatable bonds is 3. The van der Waals surface area contributed by atoms with E-state index in [0.29, 0.717) is 28.3 Å². The van der Waals surface area contributed by atoms with Crippen molar-refractivity contribution in [1.29, 1.82) is 0 Å². The van der Waals surface area contributed by atoms with E-state index >= 15 is 0 Å². The molecule has 1 aliphatic carbocycles. The number of nitrogens with one attached hydrogen (secondary N) is 1. The molecule has 0 saturated carbocycles. The van der Waals surface area contributed by atoms with E-state index in [-0.39, 0.29) is 23.7 Å². The molecule has 0 spiro atoms. The first-order chi connectivity index (χ1) is 14.4. The molecule has 1 N–H and O–H groups in total. The van der Waals surface area contributed by atoms with Crippen LogP contribution in [0.5, 0.6) is 0 Å². The Morgan fingerprint density at radius 1 is 1.13 bits per heavy atom. The van der Waals surface area contributed by atoms with Crippen LogP contribution in [0.3, 0.4) is 0 Å². The van der Waals surface area contributed by atoms with Crippen LogP contribution in [-0.4, -0.2) is 18.9 Å². The van der Waals surface area contributed by atoms with Crippen LogP contribution in [0.4, 0.5) is 4.39 Å². The van der Waals surface area contributed by atoms with Crippen molar-refractivity contribution in [2.75, 3.05) is 7.11 Å². The molecule has 30 heavy (non-hydrogen) atoms. The van der Waals surface area contributed by atoms with Crippen molar-refractivity contribution in [3.05, 3.63) is 93.0 Å². The summed E-state index contributed by atoms with van der Waals surface area (Å²) in [5.74, 6) is -1.96. The Labute approximate surface area is 179 Å². The van der Waals surface area contributed by atoms with Crippen molar-refractivity contribution in [2.24, 2.45) is 0 Å². The lowest BCUT2D eigenvalue weighted by molar-refractivity contribution is -0.136. The van der Waals surface area contributed by atoms with Crippen molar-refractivity contribution in [2.45, 2.75) is 31.6 Å². The molecule has 0 saturated heterocycles. The van der Waals surface area contributed by atoms with Gasteiger partial charge in [0.05, 0.1) is 18.6 Å². The highest BCUT2D eigenvalue weighted by atomic mass is 35.5. The second-order valence-electron chi connectivity index (χ2n) is 7.58. The van der Waals surface area contributed by atoms with Crippen molar-refractivity contribution >= 4 is 23.4 Å². The number of carbonyl (C=O) groups is 2. The van der Waals surface area contributed by atoms with Crippen molar-refractivity contribution in [3.8, 4) is 0 Å². The summed E-state index contributed by atoms with van der Waals surface area (Å²) >= 11 is 6.00. The summed E-state index contributed by atoms with van der Waals surface area (Å²) in [4.78, 5) is 25.9. The van der Waals surface area contributed by atoms with Crippen LogP contribution in [0, 0.1) is 5.82 Å². The molecule has 0 aromatic heterocycles. The summed E-state index contributed by atoms with van der Waals surface area (Å²) in [6.45, 7) is 1.75. The van der Waals surface area contributed by atoms with E-state index in [4.69, 9.17) is 16.3 Å². The zero-order valence-corrected chi connectivity index (χ0v) is 17.4. The molecular weight excluding hydrogens is 405 g/mol. The molecule has 2 aliphatic rings. The van der Waals surface area contributed by atoms with Gasteiger partial charge in [0.15, 0.2) is 5.78 Å². The Hall–Kier alpha value is -2.92. The lowest BCUT2D eigenvalue weighted by Crippen LogP contribution is -2.36. The van der Waals surface area contributed by atoms with E-state index in [1.807, 2.05) is 24.3 Å². The number of Topliss-reactive ketones (excluding diaryl/α,β-unsaturated/α-hetero) is 1. The molecule has 1 heterocycles. The third-order valence-corrected chi connectivity index (χ3v) is 6.04. The zero-order valence-electron chi connectivity index (χ0n) is 16.7. The van der Waals surface area contributed by atoms with Gasteiger partial charge in [-0.3, -0.25) is 4.79 Å². The van der Waals surface area contributed by atoms with Crippen LogP contribution in [0.2, 0.25) is 5.02 Å². The molecule has 1 aliphatic heterocycles. The Balaban J connectivity index is 1.82. The quantitative estimate of drug-likeness (QED) is 0.702. The molecule has 4 nitrogen and oxygen atoms in total. The second-order valence-corrected chi connectivity index (χ2v) is 8.02. The third-order valence-electron chi connectivity index (χ3n) is 5.79. The highest BCUT2D eigenvalue weighted by Crippen LogP contribution is 2.46. The molecule has 0 amide bonds. The van der Waals surface area contributed by atoms with Gasteiger partial charge >= 0.3 is 5.97 Å². The van der Waals surface area contributed by atoms with Gasteiger partial charge in [0, 0.05) is 34.0 Å². The van der Waals surface area contributed by atoms with Crippen LogP contribution >= 0.6 is 11.6 Å². The molecule has 154 valence electrons. The van der Waals surface area contributed by atoms with Gasteiger partial charge in [0.25, 0.3) is 0 Å². The van der Waals surface area contributed by atoms with Crippen LogP contribution in [-0.2, 0) is 14.3 Å². The van der Waals surface area contributed by atoms with Crippen LogP contribution in [0.25, 0.3) is 0 Å². The Morgan fingerprint density at radius 2 is 1.83 bits per heavy atom. The van der Waals surface area contributed by atoms with E-state index in [2.05, 4.69) is 5.32 Å². The molecule has 2 aromatic rings. The largest absolute Gasteiger partial charge is 0.466 e. The fourth-order valence-corrected chi connectivity index (χ4v) is 4.54. The van der Waals surface area contributed by atoms with E-state index in [1.54, 1.807) is 25.1 Å². The Kier molecular flexibility index (Phi) is 5.48. The number of methoxy groups -OCH3 is 1. The number of carbonyl (C=O) groups excluding carboxylic acids is 2. The summed E-state index contributed by atoms with van der Waals surface area (Å²) in [6.07, 6.45) is 0.861. The van der Waals surface area contributed by atoms with Gasteiger partial charge in [-0.1, -0.05) is 41.9 Å². The van der Waals surface area contributed by atoms with Gasteiger partial charge < -0.3 is 10.1 Å². The number of hydrogen-bond acceptors (Lipinski definition) is 4. The van der Waals surface area contributed by atoms with E-state index < -0.39 is 17.7 Å². The molecular formula is C24H21ClFNO3. The lowest BCUT2D eigenvalue weighted by Gasteiger charge is -2.36. The van der Waals surface area contributed by atoms with Crippen LogP contribution in [0.1, 0.15) is 42.7 Å². The minimum Gasteiger partial charge on any atom is -0.466 e. The fraction of sp³-hybridized carbons (Fsp3) is 0.250. The summed E-state index contributed by atoms with van der Waals surface area (Å²) in [5, 5.41) is 3.87. The molecule has 0 radical (unpaired) electrons. The van der Waals surface area contributed by atoms with Crippen molar-refractivity contribution in [1.82, 2.24) is 5.32 Å². The van der Waals surface area contributed by atoms with Crippen molar-refractivity contribution in [3.63, 3.8) is 0 Å². The Morgan fingerprint density at radius 3 is 2.50 bits per heavy atom. The maximum Gasteiger partial charge on any atom is 0.336 e. The van der Waals surface area contributed by atoms with E-state index in [1.165, 1.54) is 13.2 Å². The number of halogens is 2. The van der Waals surface area contributed by atoms with Gasteiger partial charge in [-0.05, 0) is 43.0 Å². The molecule has 0 fully saturated rings. The van der Waals surface area contributed by atoms with E-state index in [9.17, 15) is 14.0 Å². The number of hydrogen-bond donors (Lipinski definition) is 1. The number of esters is 1. The Bertz CT molecular complexity index is 1090. The zero-order chi connectivity index (χ0) is 21.4. The van der Waals surface area contributed by atoms with Gasteiger partial charge in [-0.2, -0.15) is 0 Å². The summed E-state index contributed by atoms with van der Waals surface area (Å²) in [7, 11) is 1.28. The number of ketones is 1. The smallest absolute Gasteiger partial charge is 0.336 e. The monoisotopic (exact) mass is 425 g/mol. The molecule has 4 rings (SSSR count). The predicted molar refractivity (Wildman–Crippen MR) is 112 cm³/mol. The average Bonchev–Trinajstić information content (AvgIpc) is 2.73. The van der Waals surface area contributed by atoms with Gasteiger partial charge in [-0.15, -0.1) is 0 Å². The maximum atomic E-state index is 14.8. The first-order valence-electron chi connectivity index (χ1n) is 9.73. The highest BCUT2D eigenvalue weighted by Gasteiger charge is 2.42. The fourth-order valence-electron chi connectivity index (χ4n) is 4.41. The first kappa shape index (κ1) is 20.4. The number of benzene rings is 2. The molecule has 2 aromatic carbocycles. The normalized spacial score (nSPS) is 21.3. The van der Waals surface area contributed by atoms with Crippen molar-refractivity contribution < 1.29 is 18.7 Å². The third kappa shape index (κ3) is 3.54. The summed E-state index contributed by atoms with van der Waals surface area (Å²) in [6, 6.07) is 13.7. The number of ether oxygens (including phenoxy) is 1. The SMILES string of the molecule is COC(=O)C1=C(C)NC2=C(C(=O)C[C@H](c3ccc(Cl)cc3)C2)[C@@H]1c1ccccc1F. The lowest BCUT2D eigenvalue weighted by atomic mass is 9.71. The highest BCUT2D eigenvalue weighted by molar-refractivity contribution is 6.30. The second kappa shape index (κ2) is 8.07. The van der Waals surface area contributed by atoms with Gasteiger partial charge in [0.2, 0.25) is 0 Å². The molecule has 0 unspecified atom stereocenters. The minimum absolute atomic E-state index is 0.0187. The number of allylic oxidation sites excluding steroid dienone is 3. The maximum absolute atomic E-state index is 14.8. The average molecular weight is 426 g/mol. The number of dihydropyridines is 1. The van der Waals surface area contributed by atoms with E-state index in [0.717, 1.165) is 11.3 Å². The summed E-state index contributed by atoms with van der Waals surface area (Å²) in [5.41, 5.74) is 3.31. The van der Waals surface area contributed by atoms with Gasteiger partial charge in [0.1, 0.15) is 5.82 Å². The van der Waals surface area contributed by atoms with Gasteiger partial charge in [-0.25, -0.2) is 9.18 Å². The first-order valence-corrected chi connectivity index (χ1v) is 10.1. The predicted octanol–water partition coefficient (Wildman–Crippen LogP) is 5.01. The molecule has 0 bridgehead atoms. The summed E-state index contributed by atoms with van der Waals surface area (Å²) < 4.78 is 19.7. The topological polar surface area (TPSA) is 55.4 Å². The van der Waals surface area contributed by atoms with Crippen LogP contribution < -0.4 is 5.32 Å². The molecule has 2 atom stereocenters. The van der Waals surface area contributed by atoms with Crippen LogP contribution in [0.15, 0.2) is 71.1 Å². The minimum atomic E-state index is -0.798. The molecule has 6 heteroatoms.